The van der Waals surface area contributed by atoms with Gasteiger partial charge in [0.15, 0.2) is 6.61 Å². The van der Waals surface area contributed by atoms with Crippen LogP contribution in [0.1, 0.15) is 39.0 Å². The van der Waals surface area contributed by atoms with E-state index >= 15 is 0 Å². The molecule has 0 aromatic heterocycles. The van der Waals surface area contributed by atoms with Gasteiger partial charge in [0, 0.05) is 24.2 Å². The average molecular weight is 373 g/mol. The molecule has 0 bridgehead atoms. The number of anilines is 1. The van der Waals surface area contributed by atoms with E-state index in [9.17, 15) is 19.7 Å². The number of ether oxygens (including phenoxy) is 1. The molecule has 0 N–H and O–H groups in total. The van der Waals surface area contributed by atoms with Crippen LogP contribution in [0.25, 0.3) is 0 Å². The first-order valence-corrected chi connectivity index (χ1v) is 9.48. The summed E-state index contributed by atoms with van der Waals surface area (Å²) in [6, 6.07) is 4.53. The van der Waals surface area contributed by atoms with Gasteiger partial charge in [0.2, 0.25) is 5.91 Å². The fourth-order valence-corrected chi connectivity index (χ4v) is 4.83. The SMILES string of the molecule is CC1CC2CCCCC2N1C(=O)CN1C(=O)COc2ccc([N+](=O)[O-])cc21. The molecule has 0 radical (unpaired) electrons. The summed E-state index contributed by atoms with van der Waals surface area (Å²) in [6.07, 6.45) is 5.53. The molecule has 4 rings (SSSR count). The summed E-state index contributed by atoms with van der Waals surface area (Å²) in [4.78, 5) is 39.4. The van der Waals surface area contributed by atoms with E-state index in [1.807, 2.05) is 4.90 Å². The maximum atomic E-state index is 13.1. The number of likely N-dealkylation sites (tertiary alicyclic amines) is 1. The molecule has 1 aromatic carbocycles. The number of rotatable bonds is 3. The molecule has 8 nitrogen and oxygen atoms in total. The number of hydrogen-bond donors (Lipinski definition) is 0. The lowest BCUT2D eigenvalue weighted by Gasteiger charge is -2.35. The van der Waals surface area contributed by atoms with Gasteiger partial charge >= 0.3 is 0 Å². The van der Waals surface area contributed by atoms with Gasteiger partial charge in [-0.25, -0.2) is 0 Å². The topological polar surface area (TPSA) is 93.0 Å². The van der Waals surface area contributed by atoms with Gasteiger partial charge < -0.3 is 9.64 Å². The fourth-order valence-electron chi connectivity index (χ4n) is 4.83. The molecule has 3 aliphatic rings. The Morgan fingerprint density at radius 2 is 2.11 bits per heavy atom. The number of carbonyl (C=O) groups excluding carboxylic acids is 2. The van der Waals surface area contributed by atoms with E-state index in [2.05, 4.69) is 6.92 Å². The zero-order valence-corrected chi connectivity index (χ0v) is 15.3. The van der Waals surface area contributed by atoms with Gasteiger partial charge in [-0.2, -0.15) is 0 Å². The second-order valence-electron chi connectivity index (χ2n) is 7.68. The molecule has 3 atom stereocenters. The Balaban J connectivity index is 1.59. The number of fused-ring (bicyclic) bond motifs is 2. The first kappa shape index (κ1) is 17.8. The molecular formula is C19H23N3O5. The molecule has 2 heterocycles. The zero-order chi connectivity index (χ0) is 19.1. The van der Waals surface area contributed by atoms with Crippen molar-refractivity contribution in [3.63, 3.8) is 0 Å². The monoisotopic (exact) mass is 373 g/mol. The van der Waals surface area contributed by atoms with E-state index in [4.69, 9.17) is 4.74 Å². The Bertz CT molecular complexity index is 796. The van der Waals surface area contributed by atoms with Crippen LogP contribution < -0.4 is 9.64 Å². The molecule has 1 aromatic rings. The second kappa shape index (κ2) is 6.83. The zero-order valence-electron chi connectivity index (χ0n) is 15.3. The molecule has 2 amide bonds. The average Bonchev–Trinajstić information content (AvgIpc) is 2.99. The highest BCUT2D eigenvalue weighted by molar-refractivity contribution is 6.02. The Kier molecular flexibility index (Phi) is 4.49. The van der Waals surface area contributed by atoms with Crippen molar-refractivity contribution in [3.05, 3.63) is 28.3 Å². The van der Waals surface area contributed by atoms with Gasteiger partial charge in [-0.15, -0.1) is 0 Å². The van der Waals surface area contributed by atoms with Gasteiger partial charge in [0.1, 0.15) is 12.3 Å². The molecular weight excluding hydrogens is 350 g/mol. The van der Waals surface area contributed by atoms with E-state index < -0.39 is 4.92 Å². The standard InChI is InChI=1S/C19H23N3O5/c1-12-8-13-4-2-3-5-15(13)21(12)18(23)10-20-16-9-14(22(25)26)6-7-17(16)27-11-19(20)24/h6-7,9,12-13,15H,2-5,8,10-11H2,1H3. The Labute approximate surface area is 157 Å². The predicted molar refractivity (Wildman–Crippen MR) is 97.6 cm³/mol. The first-order valence-electron chi connectivity index (χ1n) is 9.48. The largest absolute Gasteiger partial charge is 0.482 e. The Morgan fingerprint density at radius 3 is 2.89 bits per heavy atom. The summed E-state index contributed by atoms with van der Waals surface area (Å²) in [5.41, 5.74) is 0.159. The maximum absolute atomic E-state index is 13.1. The lowest BCUT2D eigenvalue weighted by molar-refractivity contribution is -0.384. The smallest absolute Gasteiger partial charge is 0.271 e. The van der Waals surface area contributed by atoms with Gasteiger partial charge in [0.05, 0.1) is 10.6 Å². The minimum Gasteiger partial charge on any atom is -0.482 e. The summed E-state index contributed by atoms with van der Waals surface area (Å²) < 4.78 is 5.38. The van der Waals surface area contributed by atoms with Crippen LogP contribution in [0.3, 0.4) is 0 Å². The number of hydrogen-bond acceptors (Lipinski definition) is 5. The molecule has 27 heavy (non-hydrogen) atoms. The quantitative estimate of drug-likeness (QED) is 0.599. The van der Waals surface area contributed by atoms with Gasteiger partial charge in [0.25, 0.3) is 11.6 Å². The second-order valence-corrected chi connectivity index (χ2v) is 7.68. The number of nitrogens with zero attached hydrogens (tertiary/aromatic N) is 3. The van der Waals surface area contributed by atoms with E-state index in [1.54, 1.807) is 0 Å². The molecule has 1 saturated carbocycles. The Morgan fingerprint density at radius 1 is 1.33 bits per heavy atom. The van der Waals surface area contributed by atoms with Crippen molar-refractivity contribution in [1.82, 2.24) is 4.90 Å². The molecule has 0 spiro atoms. The van der Waals surface area contributed by atoms with Crippen LogP contribution >= 0.6 is 0 Å². The van der Waals surface area contributed by atoms with Crippen LogP contribution in [0.2, 0.25) is 0 Å². The van der Waals surface area contributed by atoms with Crippen LogP contribution in [0.15, 0.2) is 18.2 Å². The molecule has 1 aliphatic carbocycles. The van der Waals surface area contributed by atoms with Crippen molar-refractivity contribution in [3.8, 4) is 5.75 Å². The van der Waals surface area contributed by atoms with Crippen molar-refractivity contribution in [2.45, 2.75) is 51.1 Å². The maximum Gasteiger partial charge on any atom is 0.271 e. The summed E-state index contributed by atoms with van der Waals surface area (Å²) >= 11 is 0. The highest BCUT2D eigenvalue weighted by Gasteiger charge is 2.43. The number of non-ortho nitro benzene ring substituents is 1. The van der Waals surface area contributed by atoms with E-state index in [0.29, 0.717) is 17.4 Å². The summed E-state index contributed by atoms with van der Waals surface area (Å²) in [6.45, 7) is 1.79. The summed E-state index contributed by atoms with van der Waals surface area (Å²) in [5, 5.41) is 11.1. The van der Waals surface area contributed by atoms with Crippen LogP contribution in [0, 0.1) is 16.0 Å². The highest BCUT2D eigenvalue weighted by Crippen LogP contribution is 2.40. The van der Waals surface area contributed by atoms with Crippen molar-refractivity contribution >= 4 is 23.2 Å². The van der Waals surface area contributed by atoms with Crippen molar-refractivity contribution < 1.29 is 19.2 Å². The first-order chi connectivity index (χ1) is 13.0. The number of nitro benzene ring substituents is 1. The van der Waals surface area contributed by atoms with Crippen molar-refractivity contribution in [2.75, 3.05) is 18.1 Å². The predicted octanol–water partition coefficient (Wildman–Crippen LogP) is 2.50. The third kappa shape index (κ3) is 3.13. The van der Waals surface area contributed by atoms with Crippen LogP contribution in [-0.4, -0.2) is 46.9 Å². The Hall–Kier alpha value is -2.64. The summed E-state index contributed by atoms with van der Waals surface area (Å²) in [5.74, 6) is 0.484. The number of nitro groups is 1. The van der Waals surface area contributed by atoms with Crippen molar-refractivity contribution in [2.24, 2.45) is 5.92 Å². The number of amides is 2. The number of benzene rings is 1. The van der Waals surface area contributed by atoms with Gasteiger partial charge in [-0.05, 0) is 38.2 Å². The molecule has 1 saturated heterocycles. The van der Waals surface area contributed by atoms with E-state index in [0.717, 1.165) is 25.7 Å². The highest BCUT2D eigenvalue weighted by atomic mass is 16.6. The van der Waals surface area contributed by atoms with Gasteiger partial charge in [-0.1, -0.05) is 12.8 Å². The fraction of sp³-hybridized carbons (Fsp3) is 0.579. The third-order valence-corrected chi connectivity index (χ3v) is 6.02. The molecule has 144 valence electrons. The molecule has 3 unspecified atom stereocenters. The molecule has 2 fully saturated rings. The van der Waals surface area contributed by atoms with Crippen molar-refractivity contribution in [1.29, 1.82) is 0 Å². The minimum absolute atomic E-state index is 0.0930. The normalized spacial score (nSPS) is 27.0. The lowest BCUT2D eigenvalue weighted by atomic mass is 9.85. The van der Waals surface area contributed by atoms with Crippen LogP contribution in [0.5, 0.6) is 5.75 Å². The summed E-state index contributed by atoms with van der Waals surface area (Å²) in [7, 11) is 0. The van der Waals surface area contributed by atoms with E-state index in [-0.39, 0.29) is 42.7 Å². The van der Waals surface area contributed by atoms with E-state index in [1.165, 1.54) is 29.5 Å². The van der Waals surface area contributed by atoms with Crippen LogP contribution in [-0.2, 0) is 9.59 Å². The van der Waals surface area contributed by atoms with Gasteiger partial charge in [-0.3, -0.25) is 24.6 Å². The minimum atomic E-state index is -0.519. The third-order valence-electron chi connectivity index (χ3n) is 6.02. The number of carbonyl (C=O) groups is 2. The molecule has 2 aliphatic heterocycles. The van der Waals surface area contributed by atoms with Crippen LogP contribution in [0.4, 0.5) is 11.4 Å². The lowest BCUT2D eigenvalue weighted by Crippen LogP contribution is -2.50. The molecule has 8 heteroatoms.